The van der Waals surface area contributed by atoms with Crippen molar-refractivity contribution in [3.05, 3.63) is 12.2 Å². The number of hydrogen-bond donors (Lipinski definition) is 4. The van der Waals surface area contributed by atoms with Crippen LogP contribution >= 0.6 is 0 Å². The number of carbonyl (C=O) groups excluding carboxylic acids is 4. The van der Waals surface area contributed by atoms with Crippen LogP contribution in [0.5, 0.6) is 0 Å². The third-order valence-electron chi connectivity index (χ3n) is 11.8. The van der Waals surface area contributed by atoms with Crippen molar-refractivity contribution in [1.29, 1.82) is 0 Å². The van der Waals surface area contributed by atoms with E-state index in [2.05, 4.69) is 0 Å². The Balaban J connectivity index is 1.49. The minimum absolute atomic E-state index is 0.0248. The van der Waals surface area contributed by atoms with Crippen molar-refractivity contribution in [3.63, 3.8) is 0 Å². The Labute approximate surface area is 218 Å². The van der Waals surface area contributed by atoms with E-state index < -0.39 is 92.5 Å². The van der Waals surface area contributed by atoms with Crippen LogP contribution in [-0.2, 0) is 33.4 Å². The zero-order chi connectivity index (χ0) is 27.5. The normalized spacial score (nSPS) is 60.2. The summed E-state index contributed by atoms with van der Waals surface area (Å²) in [4.78, 5) is 54.1. The molecule has 4 bridgehead atoms. The summed E-state index contributed by atoms with van der Waals surface area (Å²) in [5.41, 5.74) is -11.0. The summed E-state index contributed by atoms with van der Waals surface area (Å²) < 4.78 is 17.8. The molecule has 2 saturated carbocycles. The Bertz CT molecular complexity index is 1260. The van der Waals surface area contributed by atoms with E-state index >= 15 is 0 Å². The summed E-state index contributed by atoms with van der Waals surface area (Å²) in [5, 5.41) is 47.4. The van der Waals surface area contributed by atoms with Gasteiger partial charge in [-0.25, -0.2) is 4.79 Å². The lowest BCUT2D eigenvalue weighted by Gasteiger charge is -2.62. The van der Waals surface area contributed by atoms with Crippen LogP contribution in [-0.4, -0.2) is 84.3 Å². The van der Waals surface area contributed by atoms with Crippen LogP contribution in [0, 0.1) is 28.6 Å². The maximum absolute atomic E-state index is 14.5. The van der Waals surface area contributed by atoms with E-state index in [-0.39, 0.29) is 38.5 Å². The first-order valence-corrected chi connectivity index (χ1v) is 13.3. The Morgan fingerprint density at radius 3 is 2.45 bits per heavy atom. The topological polar surface area (TPSA) is 177 Å². The van der Waals surface area contributed by atoms with Crippen LogP contribution in [0.1, 0.15) is 59.3 Å². The molecule has 1 spiro atoms. The van der Waals surface area contributed by atoms with Gasteiger partial charge in [-0.3, -0.25) is 14.4 Å². The van der Waals surface area contributed by atoms with Crippen LogP contribution in [0.25, 0.3) is 0 Å². The summed E-state index contributed by atoms with van der Waals surface area (Å²) in [7, 11) is 0. The van der Waals surface area contributed by atoms with Crippen molar-refractivity contribution in [2.75, 3.05) is 0 Å². The molecule has 4 aliphatic heterocycles. The van der Waals surface area contributed by atoms with Gasteiger partial charge in [-0.05, 0) is 63.4 Å². The number of carbonyl (C=O) groups is 4. The lowest BCUT2D eigenvalue weighted by atomic mass is 9.47. The highest BCUT2D eigenvalue weighted by Crippen LogP contribution is 2.73. The van der Waals surface area contributed by atoms with Crippen molar-refractivity contribution in [1.82, 2.24) is 0 Å². The van der Waals surface area contributed by atoms with E-state index in [1.807, 2.05) is 0 Å². The predicted molar refractivity (Wildman–Crippen MR) is 123 cm³/mol. The van der Waals surface area contributed by atoms with Gasteiger partial charge in [0.1, 0.15) is 11.7 Å². The number of hydrogen-bond acceptors (Lipinski definition) is 11. The molecule has 6 fully saturated rings. The molecule has 4 unspecified atom stereocenters. The molecule has 4 N–H and O–H groups in total. The first kappa shape index (κ1) is 24.8. The van der Waals surface area contributed by atoms with Crippen molar-refractivity contribution in [2.45, 2.75) is 99.7 Å². The monoisotopic (exact) mass is 532 g/mol. The van der Waals surface area contributed by atoms with Crippen LogP contribution < -0.4 is 0 Å². The molecule has 7 aliphatic rings. The minimum atomic E-state index is -2.64. The molecule has 11 heteroatoms. The van der Waals surface area contributed by atoms with Crippen LogP contribution in [0.3, 0.4) is 0 Å². The maximum atomic E-state index is 14.5. The average molecular weight is 533 g/mol. The largest absolute Gasteiger partial charge is 0.458 e. The SMILES string of the molecule is C[C@]12CC(=O)O[C@H](C1)[C@]1(C)OC(=O)[C@]3(O)CCC4C(CC(O)[C@@]5(O)CC=CC(=O)[C@]45C)[C@@]4(O)O[C@]31C2C4=O. The predicted octanol–water partition coefficient (Wildman–Crippen LogP) is -0.541. The van der Waals surface area contributed by atoms with E-state index in [1.54, 1.807) is 6.92 Å². The quantitative estimate of drug-likeness (QED) is 0.295. The number of ether oxygens (including phenoxy) is 3. The molecule has 0 amide bonds. The van der Waals surface area contributed by atoms with E-state index in [9.17, 15) is 39.6 Å². The standard InChI is InChI=1S/C27H32O11/c1-21-10-16(36-17(30)11-21)23(3)27-18(21)19(31)26(35,38-27)13-9-15(29)24(33)7-4-5-14(28)22(24,2)12(13)6-8-25(27,34)20(32)37-23/h4-5,12-13,15-16,18,29,33-35H,6-11H2,1-3H3/t12?,13?,15?,16-,18?,21-,22+,23+,24+,25-,26-,27+/m1/s1. The lowest BCUT2D eigenvalue weighted by Crippen LogP contribution is -2.77. The third-order valence-corrected chi connectivity index (χ3v) is 11.8. The van der Waals surface area contributed by atoms with Crippen LogP contribution in [0.2, 0.25) is 0 Å². The highest BCUT2D eigenvalue weighted by Gasteiger charge is 2.91. The second-order valence-electron chi connectivity index (χ2n) is 13.3. The molecule has 4 heterocycles. The summed E-state index contributed by atoms with van der Waals surface area (Å²) in [6, 6.07) is 0. The van der Waals surface area contributed by atoms with Gasteiger partial charge in [0.2, 0.25) is 5.79 Å². The highest BCUT2D eigenvalue weighted by atomic mass is 16.7. The van der Waals surface area contributed by atoms with Crippen molar-refractivity contribution in [3.8, 4) is 0 Å². The molecule has 3 aliphatic carbocycles. The number of rotatable bonds is 0. The van der Waals surface area contributed by atoms with Crippen molar-refractivity contribution < 1.29 is 53.8 Å². The number of ketones is 2. The van der Waals surface area contributed by atoms with Gasteiger partial charge in [0.15, 0.2) is 28.4 Å². The third kappa shape index (κ3) is 2.20. The van der Waals surface area contributed by atoms with Gasteiger partial charge >= 0.3 is 11.9 Å². The molecular weight excluding hydrogens is 500 g/mol. The van der Waals surface area contributed by atoms with E-state index in [1.165, 1.54) is 26.0 Å². The molecule has 0 aromatic rings. The minimum Gasteiger partial charge on any atom is -0.458 e. The summed E-state index contributed by atoms with van der Waals surface area (Å²) in [6.45, 7) is 4.64. The Morgan fingerprint density at radius 2 is 1.74 bits per heavy atom. The van der Waals surface area contributed by atoms with Crippen LogP contribution in [0.15, 0.2) is 12.2 Å². The molecule has 0 aromatic heterocycles. The van der Waals surface area contributed by atoms with Gasteiger partial charge in [0, 0.05) is 5.92 Å². The van der Waals surface area contributed by atoms with E-state index in [0.717, 1.165) is 0 Å². The smallest absolute Gasteiger partial charge is 0.342 e. The maximum Gasteiger partial charge on any atom is 0.342 e. The first-order chi connectivity index (χ1) is 17.6. The second-order valence-corrected chi connectivity index (χ2v) is 13.3. The fourth-order valence-electron chi connectivity index (χ4n) is 9.84. The summed E-state index contributed by atoms with van der Waals surface area (Å²) >= 11 is 0. The number of aliphatic hydroxyl groups is 4. The van der Waals surface area contributed by atoms with Gasteiger partial charge in [-0.15, -0.1) is 0 Å². The molecule has 7 rings (SSSR count). The number of fused-ring (bicyclic) bond motifs is 9. The zero-order valence-electron chi connectivity index (χ0n) is 21.4. The van der Waals surface area contributed by atoms with Gasteiger partial charge in [0.25, 0.3) is 0 Å². The molecular formula is C27H32O11. The Kier molecular flexibility index (Phi) is 4.30. The van der Waals surface area contributed by atoms with Crippen molar-refractivity contribution >= 4 is 23.5 Å². The molecule has 206 valence electrons. The van der Waals surface area contributed by atoms with Crippen molar-refractivity contribution in [2.24, 2.45) is 28.6 Å². The highest BCUT2D eigenvalue weighted by molar-refractivity contribution is 6.00. The fraction of sp³-hybridized carbons (Fsp3) is 0.778. The summed E-state index contributed by atoms with van der Waals surface area (Å²) in [5.74, 6) is -9.04. The van der Waals surface area contributed by atoms with Crippen LogP contribution in [0.4, 0.5) is 0 Å². The van der Waals surface area contributed by atoms with Gasteiger partial charge < -0.3 is 34.6 Å². The Hall–Kier alpha value is -2.18. The number of esters is 2. The number of Topliss-reactive ketones (excluding diaryl/α,β-unsaturated/α-hetero) is 1. The molecule has 0 radical (unpaired) electrons. The summed E-state index contributed by atoms with van der Waals surface area (Å²) in [6.07, 6.45) is -0.389. The molecule has 12 atom stereocenters. The molecule has 0 aromatic carbocycles. The zero-order valence-corrected chi connectivity index (χ0v) is 21.4. The number of allylic oxidation sites excluding steroid dienone is 1. The lowest BCUT2D eigenvalue weighted by molar-refractivity contribution is -0.354. The second kappa shape index (κ2) is 6.58. The molecule has 4 saturated heterocycles. The average Bonchev–Trinajstić information content (AvgIpc) is 3.18. The fourth-order valence-corrected chi connectivity index (χ4v) is 9.84. The Morgan fingerprint density at radius 1 is 1.03 bits per heavy atom. The first-order valence-electron chi connectivity index (χ1n) is 13.3. The van der Waals surface area contributed by atoms with Gasteiger partial charge in [0.05, 0.1) is 23.9 Å². The number of aliphatic hydroxyl groups excluding tert-OH is 1. The molecule has 38 heavy (non-hydrogen) atoms. The van der Waals surface area contributed by atoms with Gasteiger partial charge in [-0.2, -0.15) is 0 Å². The van der Waals surface area contributed by atoms with Gasteiger partial charge in [-0.1, -0.05) is 13.0 Å². The van der Waals surface area contributed by atoms with E-state index in [0.29, 0.717) is 0 Å². The van der Waals surface area contributed by atoms with E-state index in [4.69, 9.17) is 14.2 Å². The molecule has 11 nitrogen and oxygen atoms in total.